The Morgan fingerprint density at radius 2 is 1.64 bits per heavy atom. The molecular weight excluding hydrogens is 407 g/mol. The SMILES string of the molecule is NC(=O)NS(=O)(=O)c1ccc(NC(=S)NC(=O)C=Cc2ccc(F)cc2)cc1. The lowest BCUT2D eigenvalue weighted by atomic mass is 10.2. The van der Waals surface area contributed by atoms with Crippen LogP contribution in [0.1, 0.15) is 5.56 Å². The van der Waals surface area contributed by atoms with Crippen LogP contribution in [0.25, 0.3) is 6.08 Å². The highest BCUT2D eigenvalue weighted by Crippen LogP contribution is 2.14. The standard InChI is InChI=1S/C17H15FN4O4S2/c18-12-4-1-11(2-5-12)3-10-15(23)21-17(27)20-13-6-8-14(9-7-13)28(25,26)22-16(19)24/h1-10H,(H3,19,22,24)(H2,20,21,23,27). The Morgan fingerprint density at radius 1 is 1.04 bits per heavy atom. The second-order valence-electron chi connectivity index (χ2n) is 5.32. The Hall–Kier alpha value is -3.31. The predicted octanol–water partition coefficient (Wildman–Crippen LogP) is 1.71. The second-order valence-corrected chi connectivity index (χ2v) is 7.41. The third-order valence-electron chi connectivity index (χ3n) is 3.19. The van der Waals surface area contributed by atoms with E-state index in [2.05, 4.69) is 10.6 Å². The van der Waals surface area contributed by atoms with Crippen molar-refractivity contribution in [3.05, 3.63) is 66.0 Å². The van der Waals surface area contributed by atoms with Gasteiger partial charge in [-0.25, -0.2) is 22.3 Å². The summed E-state index contributed by atoms with van der Waals surface area (Å²) in [6.07, 6.45) is 2.72. The highest BCUT2D eigenvalue weighted by atomic mass is 32.2. The molecule has 146 valence electrons. The van der Waals surface area contributed by atoms with E-state index in [-0.39, 0.29) is 15.8 Å². The number of sulfonamides is 1. The molecule has 0 atom stereocenters. The smallest absolute Gasteiger partial charge is 0.326 e. The fourth-order valence-corrected chi connectivity index (χ4v) is 3.07. The van der Waals surface area contributed by atoms with Crippen LogP contribution in [0.4, 0.5) is 14.9 Å². The number of hydrogen-bond donors (Lipinski definition) is 4. The molecule has 0 bridgehead atoms. The lowest BCUT2D eigenvalue weighted by molar-refractivity contribution is -0.115. The van der Waals surface area contributed by atoms with Crippen molar-refractivity contribution < 1.29 is 22.4 Å². The van der Waals surface area contributed by atoms with E-state index in [4.69, 9.17) is 18.0 Å². The molecule has 8 nitrogen and oxygen atoms in total. The molecule has 0 fully saturated rings. The molecule has 0 radical (unpaired) electrons. The first kappa shape index (κ1) is 21.0. The van der Waals surface area contributed by atoms with E-state index in [1.165, 1.54) is 60.7 Å². The van der Waals surface area contributed by atoms with Crippen molar-refractivity contribution in [2.75, 3.05) is 5.32 Å². The number of amides is 3. The van der Waals surface area contributed by atoms with E-state index < -0.39 is 22.0 Å². The van der Waals surface area contributed by atoms with Crippen molar-refractivity contribution in [3.63, 3.8) is 0 Å². The summed E-state index contributed by atoms with van der Waals surface area (Å²) in [5.41, 5.74) is 5.85. The maximum absolute atomic E-state index is 12.8. The van der Waals surface area contributed by atoms with E-state index >= 15 is 0 Å². The van der Waals surface area contributed by atoms with Crippen LogP contribution >= 0.6 is 12.2 Å². The van der Waals surface area contributed by atoms with Crippen molar-refractivity contribution in [3.8, 4) is 0 Å². The molecule has 0 aromatic heterocycles. The van der Waals surface area contributed by atoms with Crippen molar-refractivity contribution in [2.24, 2.45) is 5.73 Å². The van der Waals surface area contributed by atoms with Gasteiger partial charge in [-0.05, 0) is 60.3 Å². The largest absolute Gasteiger partial charge is 0.351 e. The number of carbonyl (C=O) groups is 2. The normalized spacial score (nSPS) is 11.0. The van der Waals surface area contributed by atoms with Crippen LogP contribution in [0.3, 0.4) is 0 Å². The highest BCUT2D eigenvalue weighted by Gasteiger charge is 2.15. The van der Waals surface area contributed by atoms with E-state index in [0.717, 1.165) is 0 Å². The summed E-state index contributed by atoms with van der Waals surface area (Å²) in [5, 5.41) is 5.10. The lowest BCUT2D eigenvalue weighted by Gasteiger charge is -2.09. The molecule has 2 rings (SSSR count). The molecule has 0 spiro atoms. The van der Waals surface area contributed by atoms with Crippen LogP contribution in [0.15, 0.2) is 59.5 Å². The minimum absolute atomic E-state index is 0.0142. The quantitative estimate of drug-likeness (QED) is 0.429. The second kappa shape index (κ2) is 9.06. The van der Waals surface area contributed by atoms with Crippen molar-refractivity contribution in [2.45, 2.75) is 4.90 Å². The number of nitrogens with one attached hydrogen (secondary N) is 3. The van der Waals surface area contributed by atoms with Crippen molar-refractivity contribution in [1.29, 1.82) is 0 Å². The highest BCUT2D eigenvalue weighted by molar-refractivity contribution is 7.90. The van der Waals surface area contributed by atoms with Gasteiger partial charge in [0.25, 0.3) is 10.0 Å². The van der Waals surface area contributed by atoms with Crippen LogP contribution < -0.4 is 21.1 Å². The fraction of sp³-hybridized carbons (Fsp3) is 0. The lowest BCUT2D eigenvalue weighted by Crippen LogP contribution is -2.35. The zero-order valence-electron chi connectivity index (χ0n) is 14.2. The number of hydrogen-bond acceptors (Lipinski definition) is 5. The van der Waals surface area contributed by atoms with Gasteiger partial charge in [0.1, 0.15) is 5.82 Å². The van der Waals surface area contributed by atoms with Gasteiger partial charge in [0.05, 0.1) is 4.90 Å². The Morgan fingerprint density at radius 3 is 2.21 bits per heavy atom. The molecule has 2 aromatic rings. The Labute approximate surface area is 165 Å². The van der Waals surface area contributed by atoms with Gasteiger partial charge < -0.3 is 11.1 Å². The van der Waals surface area contributed by atoms with Crippen LogP contribution in [0, 0.1) is 5.82 Å². The number of urea groups is 1. The molecule has 0 unspecified atom stereocenters. The van der Waals surface area contributed by atoms with Gasteiger partial charge in [-0.3, -0.25) is 10.1 Å². The number of thiocarbonyl (C=S) groups is 1. The molecule has 0 saturated heterocycles. The summed E-state index contributed by atoms with van der Waals surface area (Å²) in [7, 11) is -4.05. The summed E-state index contributed by atoms with van der Waals surface area (Å²) in [6.45, 7) is 0. The maximum Gasteiger partial charge on any atom is 0.326 e. The van der Waals surface area contributed by atoms with E-state index in [9.17, 15) is 22.4 Å². The minimum Gasteiger partial charge on any atom is -0.351 e. The third kappa shape index (κ3) is 6.45. The van der Waals surface area contributed by atoms with Gasteiger partial charge in [0, 0.05) is 11.8 Å². The average Bonchev–Trinajstić information content (AvgIpc) is 2.60. The Balaban J connectivity index is 1.92. The summed E-state index contributed by atoms with van der Waals surface area (Å²) >= 11 is 5.01. The number of primary amides is 1. The van der Waals surface area contributed by atoms with Gasteiger partial charge >= 0.3 is 6.03 Å². The van der Waals surface area contributed by atoms with Gasteiger partial charge in [0.15, 0.2) is 5.11 Å². The summed E-state index contributed by atoms with van der Waals surface area (Å²) in [6, 6.07) is 9.61. The monoisotopic (exact) mass is 422 g/mol. The molecule has 0 aliphatic rings. The zero-order valence-corrected chi connectivity index (χ0v) is 15.8. The van der Waals surface area contributed by atoms with E-state index in [1.54, 1.807) is 4.72 Å². The molecule has 0 heterocycles. The Kier molecular flexibility index (Phi) is 6.79. The van der Waals surface area contributed by atoms with Gasteiger partial charge in [-0.2, -0.15) is 0 Å². The van der Waals surface area contributed by atoms with Crippen LogP contribution in [-0.4, -0.2) is 25.5 Å². The molecule has 0 saturated carbocycles. The molecule has 11 heteroatoms. The Bertz CT molecular complexity index is 1020. The van der Waals surface area contributed by atoms with Crippen molar-refractivity contribution in [1.82, 2.24) is 10.0 Å². The van der Waals surface area contributed by atoms with Gasteiger partial charge in [-0.15, -0.1) is 0 Å². The molecule has 5 N–H and O–H groups in total. The first-order chi connectivity index (χ1) is 13.2. The first-order valence-electron chi connectivity index (χ1n) is 7.64. The summed E-state index contributed by atoms with van der Waals surface area (Å²) < 4.78 is 38.0. The first-order valence-corrected chi connectivity index (χ1v) is 9.53. The predicted molar refractivity (Wildman–Crippen MR) is 106 cm³/mol. The van der Waals surface area contributed by atoms with Crippen LogP contribution in [0.2, 0.25) is 0 Å². The number of anilines is 1. The molecular formula is C17H15FN4O4S2. The zero-order chi connectivity index (χ0) is 20.7. The molecule has 28 heavy (non-hydrogen) atoms. The average molecular weight is 422 g/mol. The number of nitrogens with two attached hydrogens (primary N) is 1. The maximum atomic E-state index is 12.8. The minimum atomic E-state index is -4.05. The van der Waals surface area contributed by atoms with Crippen molar-refractivity contribution >= 4 is 51.1 Å². The van der Waals surface area contributed by atoms with Crippen LogP contribution in [-0.2, 0) is 14.8 Å². The van der Waals surface area contributed by atoms with E-state index in [0.29, 0.717) is 11.3 Å². The number of halogens is 1. The van der Waals surface area contributed by atoms with Gasteiger partial charge in [0.2, 0.25) is 5.91 Å². The van der Waals surface area contributed by atoms with Crippen LogP contribution in [0.5, 0.6) is 0 Å². The molecule has 0 aliphatic carbocycles. The number of carbonyl (C=O) groups excluding carboxylic acids is 2. The fourth-order valence-electron chi connectivity index (χ4n) is 1.97. The third-order valence-corrected chi connectivity index (χ3v) is 4.76. The number of benzene rings is 2. The summed E-state index contributed by atoms with van der Waals surface area (Å²) in [5.74, 6) is -0.886. The molecule has 3 amide bonds. The topological polar surface area (TPSA) is 130 Å². The molecule has 2 aromatic carbocycles. The van der Waals surface area contributed by atoms with E-state index in [1.807, 2.05) is 0 Å². The van der Waals surface area contributed by atoms with Gasteiger partial charge in [-0.1, -0.05) is 12.1 Å². The summed E-state index contributed by atoms with van der Waals surface area (Å²) in [4.78, 5) is 22.4. The number of rotatable bonds is 5. The molecule has 0 aliphatic heterocycles.